The molecule has 5 heteroatoms. The van der Waals surface area contributed by atoms with Crippen LogP contribution in [-0.4, -0.2) is 34.8 Å². The molecule has 0 bridgehead atoms. The molecule has 128 valence electrons. The van der Waals surface area contributed by atoms with Crippen molar-refractivity contribution in [2.75, 3.05) is 13.1 Å². The minimum absolute atomic E-state index is 0.334. The van der Waals surface area contributed by atoms with Crippen LogP contribution in [0.1, 0.15) is 18.9 Å². The van der Waals surface area contributed by atoms with Gasteiger partial charge in [0.25, 0.3) is 0 Å². The number of aliphatic hydroxyl groups is 1. The van der Waals surface area contributed by atoms with E-state index in [0.717, 1.165) is 17.6 Å². The predicted molar refractivity (Wildman–Crippen MR) is 95.5 cm³/mol. The van der Waals surface area contributed by atoms with Gasteiger partial charge in [-0.1, -0.05) is 34.1 Å². The molecule has 1 aliphatic rings. The van der Waals surface area contributed by atoms with Crippen molar-refractivity contribution in [2.45, 2.75) is 31.6 Å². The summed E-state index contributed by atoms with van der Waals surface area (Å²) in [6.45, 7) is 3.90. The molecule has 3 rings (SSSR count). The van der Waals surface area contributed by atoms with Crippen molar-refractivity contribution < 1.29 is 14.2 Å². The largest absolute Gasteiger partial charge is 0.487 e. The molecule has 0 aliphatic carbocycles. The Morgan fingerprint density at radius 1 is 1.29 bits per heavy atom. The number of ether oxygens (including phenoxy) is 1. The maximum atomic E-state index is 13.3. The van der Waals surface area contributed by atoms with Crippen LogP contribution < -0.4 is 4.74 Å². The van der Waals surface area contributed by atoms with Gasteiger partial charge in [-0.3, -0.25) is 4.90 Å². The number of hydrogen-bond donors (Lipinski definition) is 1. The van der Waals surface area contributed by atoms with Crippen LogP contribution in [0, 0.1) is 5.82 Å². The minimum atomic E-state index is -0.990. The molecule has 0 aromatic heterocycles. The fourth-order valence-electron chi connectivity index (χ4n) is 3.16. The van der Waals surface area contributed by atoms with Gasteiger partial charge in [0.05, 0.1) is 0 Å². The topological polar surface area (TPSA) is 32.7 Å². The molecule has 2 aromatic rings. The Balaban J connectivity index is 1.64. The van der Waals surface area contributed by atoms with E-state index >= 15 is 0 Å². The zero-order valence-corrected chi connectivity index (χ0v) is 15.2. The molecule has 2 aromatic carbocycles. The third-order valence-corrected chi connectivity index (χ3v) is 4.81. The van der Waals surface area contributed by atoms with Crippen molar-refractivity contribution in [3.63, 3.8) is 0 Å². The Bertz CT molecular complexity index is 707. The van der Waals surface area contributed by atoms with Crippen molar-refractivity contribution >= 4 is 15.9 Å². The molecule has 24 heavy (non-hydrogen) atoms. The Labute approximate surface area is 150 Å². The minimum Gasteiger partial charge on any atom is -0.487 e. The molecule has 3 nitrogen and oxygen atoms in total. The molecule has 0 saturated carbocycles. The van der Waals surface area contributed by atoms with Crippen LogP contribution in [0.3, 0.4) is 0 Å². The molecule has 0 radical (unpaired) electrons. The summed E-state index contributed by atoms with van der Waals surface area (Å²) in [6.07, 6.45) is 0.343. The summed E-state index contributed by atoms with van der Waals surface area (Å²) in [4.78, 5) is 2.22. The van der Waals surface area contributed by atoms with E-state index < -0.39 is 5.60 Å². The fraction of sp³-hybridized carbons (Fsp3) is 0.368. The lowest BCUT2D eigenvalue weighted by atomic mass is 9.91. The molecule has 0 unspecified atom stereocenters. The lowest BCUT2D eigenvalue weighted by Crippen LogP contribution is -2.56. The van der Waals surface area contributed by atoms with E-state index in [1.165, 1.54) is 17.7 Å². The third-order valence-electron chi connectivity index (χ3n) is 4.31. The van der Waals surface area contributed by atoms with Crippen molar-refractivity contribution in [3.8, 4) is 5.75 Å². The van der Waals surface area contributed by atoms with Gasteiger partial charge in [-0.2, -0.15) is 0 Å². The Kier molecular flexibility index (Phi) is 5.23. The average Bonchev–Trinajstić information content (AvgIpc) is 2.50. The van der Waals surface area contributed by atoms with Gasteiger partial charge in [0.15, 0.2) is 0 Å². The monoisotopic (exact) mass is 393 g/mol. The van der Waals surface area contributed by atoms with E-state index in [1.807, 2.05) is 12.1 Å². The number of likely N-dealkylation sites (tertiary alicyclic amines) is 1. The second-order valence-corrected chi connectivity index (χ2v) is 7.47. The Morgan fingerprint density at radius 3 is 2.79 bits per heavy atom. The van der Waals surface area contributed by atoms with Crippen LogP contribution in [-0.2, 0) is 6.54 Å². The smallest absolute Gasteiger partial charge is 0.129 e. The lowest BCUT2D eigenvalue weighted by molar-refractivity contribution is -0.0993. The van der Waals surface area contributed by atoms with Gasteiger partial charge in [-0.15, -0.1) is 0 Å². The number of rotatable bonds is 4. The fourth-order valence-corrected chi connectivity index (χ4v) is 3.61. The average molecular weight is 394 g/mol. The maximum absolute atomic E-state index is 13.3. The highest BCUT2D eigenvalue weighted by molar-refractivity contribution is 9.10. The Morgan fingerprint density at radius 2 is 2.08 bits per heavy atom. The molecule has 1 aliphatic heterocycles. The second-order valence-electron chi connectivity index (χ2n) is 6.55. The summed E-state index contributed by atoms with van der Waals surface area (Å²) in [5.74, 6) is 0.125. The summed E-state index contributed by atoms with van der Waals surface area (Å²) >= 11 is 3.48. The van der Waals surface area contributed by atoms with Crippen molar-refractivity contribution in [1.82, 2.24) is 4.90 Å². The van der Waals surface area contributed by atoms with Crippen LogP contribution in [0.15, 0.2) is 53.0 Å². The molecule has 0 amide bonds. The predicted octanol–water partition coefficient (Wildman–Crippen LogP) is 3.99. The van der Waals surface area contributed by atoms with Gasteiger partial charge in [0, 0.05) is 30.2 Å². The second kappa shape index (κ2) is 7.21. The number of benzene rings is 2. The first kappa shape index (κ1) is 17.4. The summed E-state index contributed by atoms with van der Waals surface area (Å²) in [6, 6.07) is 14.2. The van der Waals surface area contributed by atoms with Crippen LogP contribution >= 0.6 is 15.9 Å². The number of β-amino-alcohol motifs (C(OH)–C–C–N with tert-alkyl or cyclic N) is 1. The zero-order valence-electron chi connectivity index (χ0n) is 13.6. The molecule has 1 saturated heterocycles. The summed E-state index contributed by atoms with van der Waals surface area (Å²) in [5.41, 5.74) is 0.209. The SMILES string of the molecule is C[C@]1(O)CN(Cc2cccc(Br)c2)CC[C@@H]1Oc1cccc(F)c1. The summed E-state index contributed by atoms with van der Waals surface area (Å²) in [7, 11) is 0. The normalized spacial score (nSPS) is 24.8. The summed E-state index contributed by atoms with van der Waals surface area (Å²) < 4.78 is 20.2. The zero-order chi connectivity index (χ0) is 17.2. The van der Waals surface area contributed by atoms with Crippen molar-refractivity contribution in [3.05, 3.63) is 64.4 Å². The summed E-state index contributed by atoms with van der Waals surface area (Å²) in [5, 5.41) is 10.8. The highest BCUT2D eigenvalue weighted by Crippen LogP contribution is 2.28. The first-order valence-electron chi connectivity index (χ1n) is 8.04. The van der Waals surface area contributed by atoms with Gasteiger partial charge < -0.3 is 9.84 Å². The van der Waals surface area contributed by atoms with Crippen molar-refractivity contribution in [2.24, 2.45) is 0 Å². The quantitative estimate of drug-likeness (QED) is 0.851. The number of hydrogen-bond acceptors (Lipinski definition) is 3. The van der Waals surface area contributed by atoms with E-state index in [4.69, 9.17) is 4.74 Å². The third kappa shape index (κ3) is 4.35. The van der Waals surface area contributed by atoms with Crippen LogP contribution in [0.2, 0.25) is 0 Å². The number of nitrogens with zero attached hydrogens (tertiary/aromatic N) is 1. The van der Waals surface area contributed by atoms with E-state index in [9.17, 15) is 9.50 Å². The molecule has 2 atom stereocenters. The molecule has 1 N–H and O–H groups in total. The highest BCUT2D eigenvalue weighted by Gasteiger charge is 2.39. The molecule has 0 spiro atoms. The van der Waals surface area contributed by atoms with Gasteiger partial charge in [0.2, 0.25) is 0 Å². The van der Waals surface area contributed by atoms with Crippen LogP contribution in [0.5, 0.6) is 5.75 Å². The lowest BCUT2D eigenvalue weighted by Gasteiger charge is -2.42. The molecular formula is C19H21BrFNO2. The molecule has 1 fully saturated rings. The van der Waals surface area contributed by atoms with Gasteiger partial charge >= 0.3 is 0 Å². The van der Waals surface area contributed by atoms with Gasteiger partial charge in [-0.05, 0) is 43.2 Å². The molecule has 1 heterocycles. The van der Waals surface area contributed by atoms with Gasteiger partial charge in [-0.25, -0.2) is 4.39 Å². The Hall–Kier alpha value is -1.43. The van der Waals surface area contributed by atoms with Crippen molar-refractivity contribution in [1.29, 1.82) is 0 Å². The first-order valence-corrected chi connectivity index (χ1v) is 8.83. The maximum Gasteiger partial charge on any atom is 0.129 e. The highest BCUT2D eigenvalue weighted by atomic mass is 79.9. The number of halogens is 2. The van der Waals surface area contributed by atoms with Gasteiger partial charge in [0.1, 0.15) is 23.3 Å². The molecular weight excluding hydrogens is 373 g/mol. The first-order chi connectivity index (χ1) is 11.4. The van der Waals surface area contributed by atoms with E-state index in [2.05, 4.69) is 33.0 Å². The van der Waals surface area contributed by atoms with E-state index in [0.29, 0.717) is 18.7 Å². The number of piperidine rings is 1. The van der Waals surface area contributed by atoms with Crippen LogP contribution in [0.4, 0.5) is 4.39 Å². The standard InChI is InChI=1S/C19H21BrFNO2/c1-19(23)13-22(12-14-4-2-5-15(20)10-14)9-8-18(19)24-17-7-3-6-16(21)11-17/h2-7,10-11,18,23H,8-9,12-13H2,1H3/t18-,19-/m0/s1. The van der Waals surface area contributed by atoms with E-state index in [-0.39, 0.29) is 11.9 Å². The van der Waals surface area contributed by atoms with E-state index in [1.54, 1.807) is 19.1 Å². The van der Waals surface area contributed by atoms with Crippen LogP contribution in [0.25, 0.3) is 0 Å².